The maximum absolute atomic E-state index is 11.0. The molecule has 13 heavy (non-hydrogen) atoms. The van der Waals surface area contributed by atoms with Crippen molar-refractivity contribution in [2.24, 2.45) is 5.14 Å². The predicted octanol–water partition coefficient (Wildman–Crippen LogP) is 0.0879. The molecule has 2 N–H and O–H groups in total. The highest BCUT2D eigenvalue weighted by atomic mass is 32.2. The highest BCUT2D eigenvalue weighted by Crippen LogP contribution is 2.12. The van der Waals surface area contributed by atoms with E-state index in [-0.39, 0.29) is 0 Å². The summed E-state index contributed by atoms with van der Waals surface area (Å²) in [6.07, 6.45) is 2.90. The molecule has 2 rings (SSSR count). The van der Waals surface area contributed by atoms with Gasteiger partial charge in [0.25, 0.3) is 0 Å². The Morgan fingerprint density at radius 1 is 1.38 bits per heavy atom. The summed E-state index contributed by atoms with van der Waals surface area (Å²) in [5.74, 6) is 0. The molecule has 2 heterocycles. The number of nitrogens with zero attached hydrogens (tertiary/aromatic N) is 2. The molecule has 0 spiro atoms. The van der Waals surface area contributed by atoms with Crippen LogP contribution in [0.3, 0.4) is 0 Å². The lowest BCUT2D eigenvalue weighted by atomic mass is 10.3. The van der Waals surface area contributed by atoms with Crippen molar-refractivity contribution in [2.75, 3.05) is 0 Å². The lowest BCUT2D eigenvalue weighted by Gasteiger charge is -1.98. The van der Waals surface area contributed by atoms with Crippen molar-refractivity contribution in [2.45, 2.75) is 0 Å². The van der Waals surface area contributed by atoms with Crippen LogP contribution >= 0.6 is 0 Å². The van der Waals surface area contributed by atoms with E-state index in [2.05, 4.69) is 4.98 Å². The molecule has 0 saturated heterocycles. The van der Waals surface area contributed by atoms with Crippen molar-refractivity contribution in [3.8, 4) is 0 Å². The topological polar surface area (TPSA) is 78.0 Å². The Balaban J connectivity index is 2.87. The number of nitrogens with two attached hydrogens (primary N) is 1. The van der Waals surface area contributed by atoms with Gasteiger partial charge in [0.1, 0.15) is 0 Å². The van der Waals surface area contributed by atoms with E-state index in [1.54, 1.807) is 18.2 Å². The van der Waals surface area contributed by atoms with Gasteiger partial charge < -0.3 is 0 Å². The van der Waals surface area contributed by atoms with Crippen LogP contribution in [0.2, 0.25) is 0 Å². The molecule has 0 unspecified atom stereocenters. The summed E-state index contributed by atoms with van der Waals surface area (Å²) in [6, 6.07) is 5.15. The van der Waals surface area contributed by atoms with E-state index < -0.39 is 10.2 Å². The van der Waals surface area contributed by atoms with Gasteiger partial charge in [0.05, 0.1) is 0 Å². The first-order valence-electron chi connectivity index (χ1n) is 3.54. The molecule has 0 aromatic carbocycles. The SMILES string of the molecule is NS(=O)(=O)n1ccc2cccnc21. The van der Waals surface area contributed by atoms with Crippen LogP contribution in [0, 0.1) is 0 Å². The Labute approximate surface area is 75.0 Å². The lowest BCUT2D eigenvalue weighted by Crippen LogP contribution is -2.20. The number of hydrogen-bond donors (Lipinski definition) is 1. The van der Waals surface area contributed by atoms with Crippen LogP contribution in [0.1, 0.15) is 0 Å². The summed E-state index contributed by atoms with van der Waals surface area (Å²) in [5, 5.41) is 5.71. The maximum Gasteiger partial charge on any atom is 0.304 e. The summed E-state index contributed by atoms with van der Waals surface area (Å²) in [7, 11) is -3.73. The third-order valence-corrected chi connectivity index (χ3v) is 2.53. The molecule has 5 nitrogen and oxygen atoms in total. The van der Waals surface area contributed by atoms with Gasteiger partial charge in [0.15, 0.2) is 5.65 Å². The van der Waals surface area contributed by atoms with Crippen molar-refractivity contribution in [1.82, 2.24) is 8.96 Å². The first kappa shape index (κ1) is 8.21. The Hall–Kier alpha value is -1.40. The molecule has 0 aliphatic rings. The Kier molecular flexibility index (Phi) is 1.61. The molecule has 0 radical (unpaired) electrons. The molecule has 0 bridgehead atoms. The van der Waals surface area contributed by atoms with Gasteiger partial charge in [-0.3, -0.25) is 0 Å². The minimum atomic E-state index is -3.73. The van der Waals surface area contributed by atoms with Crippen LogP contribution < -0.4 is 5.14 Å². The number of hydrogen-bond acceptors (Lipinski definition) is 3. The number of aromatic nitrogens is 2. The van der Waals surface area contributed by atoms with E-state index in [4.69, 9.17) is 5.14 Å². The van der Waals surface area contributed by atoms with E-state index in [0.29, 0.717) is 5.65 Å². The summed E-state index contributed by atoms with van der Waals surface area (Å²) >= 11 is 0. The van der Waals surface area contributed by atoms with Crippen molar-refractivity contribution < 1.29 is 8.42 Å². The summed E-state index contributed by atoms with van der Waals surface area (Å²) < 4.78 is 23.0. The number of rotatable bonds is 1. The zero-order valence-corrected chi connectivity index (χ0v) is 7.40. The van der Waals surface area contributed by atoms with Gasteiger partial charge in [-0.25, -0.2) is 14.1 Å². The standard InChI is InChI=1S/C7H7N3O2S/c8-13(11,12)10-5-3-6-2-1-4-9-7(6)10/h1-5H,(H2,8,11,12). The molecular formula is C7H7N3O2S. The second kappa shape index (κ2) is 2.54. The molecule has 2 aromatic heterocycles. The summed E-state index contributed by atoms with van der Waals surface area (Å²) in [5.41, 5.74) is 0.352. The summed E-state index contributed by atoms with van der Waals surface area (Å²) in [4.78, 5) is 3.91. The van der Waals surface area contributed by atoms with E-state index >= 15 is 0 Å². The molecule has 0 amide bonds. The quantitative estimate of drug-likeness (QED) is 0.703. The zero-order valence-electron chi connectivity index (χ0n) is 6.58. The molecule has 2 aromatic rings. The highest BCUT2D eigenvalue weighted by molar-refractivity contribution is 7.87. The maximum atomic E-state index is 11.0. The zero-order chi connectivity index (χ0) is 9.47. The van der Waals surface area contributed by atoms with Crippen LogP contribution in [0.4, 0.5) is 0 Å². The van der Waals surface area contributed by atoms with Gasteiger partial charge in [-0.15, -0.1) is 0 Å². The van der Waals surface area contributed by atoms with Crippen molar-refractivity contribution in [1.29, 1.82) is 0 Å². The second-order valence-electron chi connectivity index (χ2n) is 2.57. The van der Waals surface area contributed by atoms with Gasteiger partial charge in [-0.1, -0.05) is 0 Å². The van der Waals surface area contributed by atoms with Gasteiger partial charge >= 0.3 is 10.2 Å². The minimum Gasteiger partial charge on any atom is -0.237 e. The fourth-order valence-corrected chi connectivity index (χ4v) is 1.77. The largest absolute Gasteiger partial charge is 0.304 e. The van der Waals surface area contributed by atoms with Gasteiger partial charge in [0, 0.05) is 17.8 Å². The average molecular weight is 197 g/mol. The Bertz CT molecular complexity index is 544. The van der Waals surface area contributed by atoms with Crippen molar-refractivity contribution >= 4 is 21.2 Å². The van der Waals surface area contributed by atoms with E-state index in [0.717, 1.165) is 9.36 Å². The van der Waals surface area contributed by atoms with E-state index in [9.17, 15) is 8.42 Å². The molecule has 68 valence electrons. The smallest absolute Gasteiger partial charge is 0.237 e. The molecule has 0 atom stereocenters. The molecule has 0 aliphatic heterocycles. The first-order chi connectivity index (χ1) is 6.09. The van der Waals surface area contributed by atoms with E-state index in [1.165, 1.54) is 12.4 Å². The molecule has 0 saturated carbocycles. The van der Waals surface area contributed by atoms with Gasteiger partial charge in [-0.2, -0.15) is 8.42 Å². The molecule has 0 fully saturated rings. The third-order valence-electron chi connectivity index (χ3n) is 1.69. The Morgan fingerprint density at radius 3 is 2.85 bits per heavy atom. The van der Waals surface area contributed by atoms with Gasteiger partial charge in [0.2, 0.25) is 0 Å². The lowest BCUT2D eigenvalue weighted by molar-refractivity contribution is 0.590. The Morgan fingerprint density at radius 2 is 2.15 bits per heavy atom. The second-order valence-corrected chi connectivity index (χ2v) is 4.00. The molecule has 6 heteroatoms. The van der Waals surface area contributed by atoms with E-state index in [1.807, 2.05) is 0 Å². The van der Waals surface area contributed by atoms with Crippen LogP contribution in [-0.4, -0.2) is 17.4 Å². The fourth-order valence-electron chi connectivity index (χ4n) is 1.15. The third kappa shape index (κ3) is 1.30. The van der Waals surface area contributed by atoms with Crippen LogP contribution in [-0.2, 0) is 10.2 Å². The van der Waals surface area contributed by atoms with Crippen molar-refractivity contribution in [3.63, 3.8) is 0 Å². The molecular weight excluding hydrogens is 190 g/mol. The predicted molar refractivity (Wildman–Crippen MR) is 48.2 cm³/mol. The van der Waals surface area contributed by atoms with Crippen LogP contribution in [0.15, 0.2) is 30.6 Å². The number of fused-ring (bicyclic) bond motifs is 1. The van der Waals surface area contributed by atoms with Gasteiger partial charge in [-0.05, 0) is 18.2 Å². The average Bonchev–Trinajstić information content (AvgIpc) is 2.45. The monoisotopic (exact) mass is 197 g/mol. The van der Waals surface area contributed by atoms with Crippen molar-refractivity contribution in [3.05, 3.63) is 30.6 Å². The summed E-state index contributed by atoms with van der Waals surface area (Å²) in [6.45, 7) is 0. The van der Waals surface area contributed by atoms with Crippen LogP contribution in [0.25, 0.3) is 11.0 Å². The minimum absolute atomic E-state index is 0.352. The number of pyridine rings is 1. The molecule has 0 aliphatic carbocycles. The highest BCUT2D eigenvalue weighted by Gasteiger charge is 2.09. The van der Waals surface area contributed by atoms with Crippen LogP contribution in [0.5, 0.6) is 0 Å². The normalized spacial score (nSPS) is 12.1. The first-order valence-corrected chi connectivity index (χ1v) is 5.05. The fraction of sp³-hybridized carbons (Fsp3) is 0.